The maximum Gasteiger partial charge on any atom is 0.255 e. The number of ether oxygens (including phenoxy) is 1. The van der Waals surface area contributed by atoms with Gasteiger partial charge in [-0.2, -0.15) is 0 Å². The van der Waals surface area contributed by atoms with Gasteiger partial charge >= 0.3 is 0 Å². The zero-order valence-electron chi connectivity index (χ0n) is 21.7. The molecule has 1 N–H and O–H groups in total. The van der Waals surface area contributed by atoms with Gasteiger partial charge in [-0.1, -0.05) is 51.1 Å². The highest BCUT2D eigenvalue weighted by atomic mass is 16.5. The number of rotatable bonds is 5. The van der Waals surface area contributed by atoms with Crippen molar-refractivity contribution in [1.29, 1.82) is 0 Å². The van der Waals surface area contributed by atoms with Crippen molar-refractivity contribution in [3.8, 4) is 11.5 Å². The van der Waals surface area contributed by atoms with Crippen LogP contribution in [0.5, 0.6) is 11.5 Å². The summed E-state index contributed by atoms with van der Waals surface area (Å²) in [5.74, 6) is 0.522. The largest absolute Gasteiger partial charge is 0.457 e. The third kappa shape index (κ3) is 4.20. The summed E-state index contributed by atoms with van der Waals surface area (Å²) >= 11 is 0. The normalized spacial score (nSPS) is 23.6. The Balaban J connectivity index is 1.12. The van der Waals surface area contributed by atoms with E-state index in [0.717, 1.165) is 12.2 Å². The second-order valence-corrected chi connectivity index (χ2v) is 11.4. The minimum atomic E-state index is -0.320. The standard InChI is InChI=1S/C32H30N2O4/c1-32(2,3)22-9-13-25(14-10-22)38-26-15-11-23(12-16-26)33-29(35)21-5-4-6-24(18-21)34-30(36)27-19-7-8-20(17-19)28(27)31(34)37/h4-16,18-20,27-28H,17H2,1-3H3,(H,33,35). The Morgan fingerprint density at radius 1 is 0.842 bits per heavy atom. The number of hydrogen-bond donors (Lipinski definition) is 1. The number of carbonyl (C=O) groups excluding carboxylic acids is 3. The van der Waals surface area contributed by atoms with E-state index >= 15 is 0 Å². The van der Waals surface area contributed by atoms with Crippen LogP contribution in [0.25, 0.3) is 0 Å². The quantitative estimate of drug-likeness (QED) is 0.324. The lowest BCUT2D eigenvalue weighted by molar-refractivity contribution is -0.123. The van der Waals surface area contributed by atoms with Crippen molar-refractivity contribution in [3.63, 3.8) is 0 Å². The fourth-order valence-corrected chi connectivity index (χ4v) is 5.91. The number of nitrogens with zero attached hydrogens (tertiary/aromatic N) is 1. The van der Waals surface area contributed by atoms with Gasteiger partial charge in [0, 0.05) is 11.3 Å². The minimum absolute atomic E-state index is 0.0770. The molecule has 2 fully saturated rings. The molecule has 4 unspecified atom stereocenters. The second-order valence-electron chi connectivity index (χ2n) is 11.4. The average Bonchev–Trinajstić information content (AvgIpc) is 3.58. The first-order valence-corrected chi connectivity index (χ1v) is 13.0. The first-order chi connectivity index (χ1) is 18.2. The number of carbonyl (C=O) groups is 3. The summed E-state index contributed by atoms with van der Waals surface area (Å²) < 4.78 is 5.95. The molecular weight excluding hydrogens is 476 g/mol. The van der Waals surface area contributed by atoms with Crippen LogP contribution in [0.2, 0.25) is 0 Å². The van der Waals surface area contributed by atoms with Gasteiger partial charge in [-0.3, -0.25) is 14.4 Å². The summed E-state index contributed by atoms with van der Waals surface area (Å²) in [6, 6.07) is 21.9. The van der Waals surface area contributed by atoms with Crippen molar-refractivity contribution in [1.82, 2.24) is 0 Å². The van der Waals surface area contributed by atoms with Crippen molar-refractivity contribution in [3.05, 3.63) is 96.1 Å². The van der Waals surface area contributed by atoms with Crippen LogP contribution in [0.3, 0.4) is 0 Å². The fourth-order valence-electron chi connectivity index (χ4n) is 5.91. The molecule has 3 aromatic carbocycles. The number of benzene rings is 3. The summed E-state index contributed by atoms with van der Waals surface area (Å²) in [4.78, 5) is 40.6. The third-order valence-corrected chi connectivity index (χ3v) is 7.91. The van der Waals surface area contributed by atoms with Gasteiger partial charge in [0.25, 0.3) is 5.91 Å². The molecular formula is C32H30N2O4. The Morgan fingerprint density at radius 3 is 2.00 bits per heavy atom. The van der Waals surface area contributed by atoms with Gasteiger partial charge in [0.2, 0.25) is 11.8 Å². The number of anilines is 2. The maximum absolute atomic E-state index is 13.1. The van der Waals surface area contributed by atoms with Gasteiger partial charge in [-0.25, -0.2) is 4.90 Å². The van der Waals surface area contributed by atoms with E-state index in [-0.39, 0.29) is 46.8 Å². The first-order valence-electron chi connectivity index (χ1n) is 13.0. The molecule has 6 nitrogen and oxygen atoms in total. The number of hydrogen-bond acceptors (Lipinski definition) is 4. The first kappa shape index (κ1) is 24.2. The molecule has 6 heteroatoms. The van der Waals surface area contributed by atoms with Gasteiger partial charge in [0.05, 0.1) is 17.5 Å². The zero-order valence-corrected chi connectivity index (χ0v) is 21.7. The van der Waals surface area contributed by atoms with Crippen LogP contribution in [0.15, 0.2) is 84.9 Å². The molecule has 3 aromatic rings. The maximum atomic E-state index is 13.1. The Bertz CT molecular complexity index is 1420. The molecule has 0 radical (unpaired) electrons. The van der Waals surface area contributed by atoms with Crippen molar-refractivity contribution in [2.75, 3.05) is 10.2 Å². The number of allylic oxidation sites excluding steroid dienone is 2. The summed E-state index contributed by atoms with van der Waals surface area (Å²) in [6.45, 7) is 6.51. The number of nitrogens with one attached hydrogen (secondary N) is 1. The van der Waals surface area contributed by atoms with E-state index in [1.165, 1.54) is 10.5 Å². The molecule has 38 heavy (non-hydrogen) atoms. The van der Waals surface area contributed by atoms with E-state index in [0.29, 0.717) is 22.7 Å². The van der Waals surface area contributed by atoms with Crippen LogP contribution in [-0.2, 0) is 15.0 Å². The van der Waals surface area contributed by atoms with Crippen molar-refractivity contribution < 1.29 is 19.1 Å². The number of fused-ring (bicyclic) bond motifs is 5. The van der Waals surface area contributed by atoms with Crippen LogP contribution in [0.1, 0.15) is 43.1 Å². The summed E-state index contributed by atoms with van der Waals surface area (Å²) in [6.07, 6.45) is 5.03. The second kappa shape index (κ2) is 8.98. The van der Waals surface area contributed by atoms with Crippen LogP contribution < -0.4 is 15.0 Å². The van der Waals surface area contributed by atoms with Gasteiger partial charge < -0.3 is 10.1 Å². The highest BCUT2D eigenvalue weighted by Crippen LogP contribution is 2.53. The topological polar surface area (TPSA) is 75.7 Å². The van der Waals surface area contributed by atoms with Gasteiger partial charge in [0.1, 0.15) is 11.5 Å². The van der Waals surface area contributed by atoms with Crippen LogP contribution in [0.4, 0.5) is 11.4 Å². The van der Waals surface area contributed by atoms with E-state index in [4.69, 9.17) is 4.74 Å². The third-order valence-electron chi connectivity index (χ3n) is 7.91. The molecule has 2 bridgehead atoms. The SMILES string of the molecule is CC(C)(C)c1ccc(Oc2ccc(NC(=O)c3cccc(N4C(=O)C5C6C=CC(C6)C5C4=O)c3)cc2)cc1. The van der Waals surface area contributed by atoms with Gasteiger partial charge in [0.15, 0.2) is 0 Å². The number of imide groups is 1. The molecule has 1 saturated carbocycles. The molecule has 192 valence electrons. The highest BCUT2D eigenvalue weighted by molar-refractivity contribution is 6.23. The molecule has 1 saturated heterocycles. The van der Waals surface area contributed by atoms with Crippen molar-refractivity contribution in [2.24, 2.45) is 23.7 Å². The minimum Gasteiger partial charge on any atom is -0.457 e. The van der Waals surface area contributed by atoms with E-state index in [2.05, 4.69) is 50.4 Å². The fraction of sp³-hybridized carbons (Fsp3) is 0.281. The summed E-state index contributed by atoms with van der Waals surface area (Å²) in [5, 5.41) is 2.88. The van der Waals surface area contributed by atoms with Gasteiger partial charge in [-0.15, -0.1) is 0 Å². The monoisotopic (exact) mass is 506 g/mol. The smallest absolute Gasteiger partial charge is 0.255 e. The molecule has 1 aliphatic heterocycles. The van der Waals surface area contributed by atoms with Crippen molar-refractivity contribution in [2.45, 2.75) is 32.6 Å². The molecule has 3 amide bonds. The van der Waals surface area contributed by atoms with Gasteiger partial charge in [-0.05, 0) is 83.8 Å². The lowest BCUT2D eigenvalue weighted by atomic mass is 9.85. The molecule has 1 heterocycles. The molecule has 3 aliphatic rings. The Hall–Kier alpha value is -4.19. The predicted octanol–water partition coefficient (Wildman–Crippen LogP) is 6.34. The van der Waals surface area contributed by atoms with Crippen LogP contribution in [0, 0.1) is 23.7 Å². The lowest BCUT2D eigenvalue weighted by Crippen LogP contribution is -2.33. The van der Waals surface area contributed by atoms with Crippen LogP contribution in [-0.4, -0.2) is 17.7 Å². The Kier molecular flexibility index (Phi) is 5.71. The van der Waals surface area contributed by atoms with E-state index in [1.807, 2.05) is 12.1 Å². The Labute approximate surface area is 222 Å². The Morgan fingerprint density at radius 2 is 1.42 bits per heavy atom. The predicted molar refractivity (Wildman–Crippen MR) is 146 cm³/mol. The van der Waals surface area contributed by atoms with Crippen LogP contribution >= 0.6 is 0 Å². The molecule has 6 rings (SSSR count). The number of amides is 3. The lowest BCUT2D eigenvalue weighted by Gasteiger charge is -2.19. The average molecular weight is 507 g/mol. The summed E-state index contributed by atoms with van der Waals surface area (Å²) in [7, 11) is 0. The van der Waals surface area contributed by atoms with Crippen molar-refractivity contribution >= 4 is 29.1 Å². The molecule has 4 atom stereocenters. The van der Waals surface area contributed by atoms with E-state index in [9.17, 15) is 14.4 Å². The molecule has 0 aromatic heterocycles. The zero-order chi connectivity index (χ0) is 26.6. The van der Waals surface area contributed by atoms with E-state index in [1.54, 1.807) is 48.5 Å². The summed E-state index contributed by atoms with van der Waals surface area (Å²) in [5.41, 5.74) is 2.75. The highest BCUT2D eigenvalue weighted by Gasteiger charge is 2.59. The molecule has 0 spiro atoms. The molecule has 2 aliphatic carbocycles. The van der Waals surface area contributed by atoms with E-state index < -0.39 is 0 Å².